The summed E-state index contributed by atoms with van der Waals surface area (Å²) < 4.78 is 0.364. The van der Waals surface area contributed by atoms with Gasteiger partial charge in [0.25, 0.3) is 0 Å². The Morgan fingerprint density at radius 3 is 2.81 bits per heavy atom. The third-order valence-electron chi connectivity index (χ3n) is 2.80. The van der Waals surface area contributed by atoms with Crippen LogP contribution in [0.2, 0.25) is 0 Å². The van der Waals surface area contributed by atoms with Gasteiger partial charge in [-0.25, -0.2) is 9.78 Å². The molecule has 1 heterocycles. The second-order valence-corrected chi connectivity index (χ2v) is 6.45. The topological polar surface area (TPSA) is 62.2 Å². The molecule has 1 saturated carbocycles. The molecule has 1 fully saturated rings. The number of anilines is 1. The minimum absolute atomic E-state index is 0.168. The minimum Gasteiger partial charge on any atom is -0.476 e. The Morgan fingerprint density at radius 2 is 2.38 bits per heavy atom. The van der Waals surface area contributed by atoms with Crippen molar-refractivity contribution in [3.8, 4) is 0 Å². The summed E-state index contributed by atoms with van der Waals surface area (Å²) in [6.07, 6.45) is 4.58. The molecule has 0 unspecified atom stereocenters. The third-order valence-corrected chi connectivity index (χ3v) is 5.15. The highest BCUT2D eigenvalue weighted by atomic mass is 32.2. The van der Waals surface area contributed by atoms with Crippen LogP contribution >= 0.6 is 23.1 Å². The van der Waals surface area contributed by atoms with Crippen LogP contribution in [0, 0.1) is 6.92 Å². The first-order chi connectivity index (χ1) is 7.56. The van der Waals surface area contributed by atoms with Gasteiger partial charge in [-0.1, -0.05) is 0 Å². The second-order valence-electron chi connectivity index (χ2n) is 3.97. The number of nitrogens with one attached hydrogen (secondary N) is 1. The summed E-state index contributed by atoms with van der Waals surface area (Å²) in [7, 11) is 0. The number of carboxylic acid groups (broad SMARTS) is 1. The Labute approximate surface area is 102 Å². The zero-order valence-corrected chi connectivity index (χ0v) is 10.9. The average Bonchev–Trinajstić information content (AvgIpc) is 2.93. The molecule has 0 saturated heterocycles. The number of hydrogen-bond acceptors (Lipinski definition) is 5. The fraction of sp³-hybridized carbons (Fsp3) is 0.600. The van der Waals surface area contributed by atoms with Gasteiger partial charge in [0, 0.05) is 16.2 Å². The molecule has 0 aromatic carbocycles. The number of aromatic carboxylic acids is 1. The summed E-state index contributed by atoms with van der Waals surface area (Å²) in [6.45, 7) is 2.66. The lowest BCUT2D eigenvalue weighted by Crippen LogP contribution is -2.17. The number of aromatic nitrogens is 1. The maximum Gasteiger partial charge on any atom is 0.355 e. The summed E-state index contributed by atoms with van der Waals surface area (Å²) in [5, 5.41) is 12.8. The van der Waals surface area contributed by atoms with Gasteiger partial charge in [0.05, 0.1) is 0 Å². The number of hydrogen-bond donors (Lipinski definition) is 2. The van der Waals surface area contributed by atoms with Gasteiger partial charge in [0.2, 0.25) is 0 Å². The van der Waals surface area contributed by atoms with Crippen molar-refractivity contribution in [2.45, 2.75) is 24.5 Å². The summed E-state index contributed by atoms with van der Waals surface area (Å²) in [4.78, 5) is 15.6. The lowest BCUT2D eigenvalue weighted by atomic mass is 10.4. The predicted molar refractivity (Wildman–Crippen MR) is 67.8 cm³/mol. The molecule has 4 nitrogen and oxygen atoms in total. The van der Waals surface area contributed by atoms with Crippen molar-refractivity contribution < 1.29 is 9.90 Å². The molecule has 0 atom stereocenters. The monoisotopic (exact) mass is 258 g/mol. The van der Waals surface area contributed by atoms with E-state index in [-0.39, 0.29) is 5.69 Å². The molecule has 16 heavy (non-hydrogen) atoms. The smallest absolute Gasteiger partial charge is 0.355 e. The number of carboxylic acids is 1. The Bertz CT molecular complexity index is 413. The van der Waals surface area contributed by atoms with Crippen LogP contribution in [0.1, 0.15) is 28.2 Å². The summed E-state index contributed by atoms with van der Waals surface area (Å²) in [5.74, 6) is -0.951. The van der Waals surface area contributed by atoms with Crippen molar-refractivity contribution in [2.75, 3.05) is 18.1 Å². The van der Waals surface area contributed by atoms with Crippen molar-refractivity contribution in [3.05, 3.63) is 10.6 Å². The molecule has 88 valence electrons. The van der Waals surface area contributed by atoms with E-state index in [0.717, 1.165) is 16.6 Å². The maximum atomic E-state index is 10.8. The van der Waals surface area contributed by atoms with Crippen LogP contribution in [0.25, 0.3) is 0 Å². The lowest BCUT2D eigenvalue weighted by molar-refractivity contribution is 0.0690. The first-order valence-corrected chi connectivity index (χ1v) is 7.10. The molecule has 0 spiro atoms. The number of aryl methyl sites for hydroxylation is 1. The van der Waals surface area contributed by atoms with Gasteiger partial charge in [-0.05, 0) is 26.0 Å². The van der Waals surface area contributed by atoms with E-state index < -0.39 is 5.97 Å². The van der Waals surface area contributed by atoms with Crippen molar-refractivity contribution in [3.63, 3.8) is 0 Å². The van der Waals surface area contributed by atoms with Crippen LogP contribution in [0.5, 0.6) is 0 Å². The van der Waals surface area contributed by atoms with E-state index >= 15 is 0 Å². The van der Waals surface area contributed by atoms with Crippen LogP contribution in [0.15, 0.2) is 0 Å². The first-order valence-electron chi connectivity index (χ1n) is 5.06. The van der Waals surface area contributed by atoms with Crippen molar-refractivity contribution in [1.29, 1.82) is 0 Å². The number of thiazole rings is 1. The molecule has 2 N–H and O–H groups in total. The molecule has 0 amide bonds. The van der Waals surface area contributed by atoms with E-state index in [1.54, 1.807) is 6.92 Å². The quantitative estimate of drug-likeness (QED) is 0.849. The Balaban J connectivity index is 2.00. The zero-order chi connectivity index (χ0) is 11.8. The number of nitrogens with zero attached hydrogens (tertiary/aromatic N) is 1. The minimum atomic E-state index is -0.951. The third kappa shape index (κ3) is 2.32. The highest BCUT2D eigenvalue weighted by Crippen LogP contribution is 2.47. The van der Waals surface area contributed by atoms with Gasteiger partial charge in [-0.3, -0.25) is 0 Å². The van der Waals surface area contributed by atoms with E-state index in [9.17, 15) is 4.79 Å². The Hall–Kier alpha value is -0.750. The van der Waals surface area contributed by atoms with E-state index in [1.807, 2.05) is 11.8 Å². The molecule has 1 aliphatic rings. The molecule has 0 radical (unpaired) electrons. The fourth-order valence-electron chi connectivity index (χ4n) is 1.50. The highest BCUT2D eigenvalue weighted by Gasteiger charge is 2.41. The molecule has 1 aromatic heterocycles. The first kappa shape index (κ1) is 11.7. The lowest BCUT2D eigenvalue weighted by Gasteiger charge is -2.11. The number of carbonyl (C=O) groups is 1. The van der Waals surface area contributed by atoms with Gasteiger partial charge in [0.1, 0.15) is 0 Å². The van der Waals surface area contributed by atoms with Crippen molar-refractivity contribution in [2.24, 2.45) is 0 Å². The van der Waals surface area contributed by atoms with E-state index in [4.69, 9.17) is 5.11 Å². The van der Waals surface area contributed by atoms with Gasteiger partial charge in [0.15, 0.2) is 10.8 Å². The van der Waals surface area contributed by atoms with Crippen LogP contribution in [0.3, 0.4) is 0 Å². The second kappa shape index (κ2) is 4.25. The molecule has 6 heteroatoms. The average molecular weight is 258 g/mol. The highest BCUT2D eigenvalue weighted by molar-refractivity contribution is 8.00. The molecule has 1 aliphatic carbocycles. The summed E-state index contributed by atoms with van der Waals surface area (Å²) in [5.41, 5.74) is 0.168. The molecule has 0 aliphatic heterocycles. The van der Waals surface area contributed by atoms with Gasteiger partial charge in [-0.2, -0.15) is 11.8 Å². The van der Waals surface area contributed by atoms with E-state index in [2.05, 4.69) is 16.6 Å². The predicted octanol–water partition coefficient (Wildman–Crippen LogP) is 2.46. The van der Waals surface area contributed by atoms with Crippen LogP contribution in [0.4, 0.5) is 5.13 Å². The Morgan fingerprint density at radius 1 is 1.69 bits per heavy atom. The summed E-state index contributed by atoms with van der Waals surface area (Å²) >= 11 is 3.28. The van der Waals surface area contributed by atoms with Crippen molar-refractivity contribution >= 4 is 34.2 Å². The number of thioether (sulfide) groups is 1. The maximum absolute atomic E-state index is 10.8. The zero-order valence-electron chi connectivity index (χ0n) is 9.24. The van der Waals surface area contributed by atoms with Gasteiger partial charge < -0.3 is 10.4 Å². The van der Waals surface area contributed by atoms with Gasteiger partial charge in [-0.15, -0.1) is 11.3 Å². The van der Waals surface area contributed by atoms with E-state index in [1.165, 1.54) is 24.2 Å². The Kier molecular flexibility index (Phi) is 3.12. The SMILES string of the molecule is CSC1(CNc2nc(C(=O)O)c(C)s2)CC1. The molecular weight excluding hydrogens is 244 g/mol. The van der Waals surface area contributed by atoms with Gasteiger partial charge >= 0.3 is 5.97 Å². The standard InChI is InChI=1S/C10H14N2O2S2/c1-6-7(8(13)14)12-9(16-6)11-5-10(15-2)3-4-10/h3-5H2,1-2H3,(H,11,12)(H,13,14). The fourth-order valence-corrected chi connectivity index (χ4v) is 3.03. The molecule has 0 bridgehead atoms. The van der Waals surface area contributed by atoms with Crippen LogP contribution in [-0.2, 0) is 0 Å². The van der Waals surface area contributed by atoms with Crippen LogP contribution in [-0.4, -0.2) is 33.6 Å². The van der Waals surface area contributed by atoms with E-state index in [0.29, 0.717) is 4.75 Å². The number of rotatable bonds is 5. The molecule has 2 rings (SSSR count). The van der Waals surface area contributed by atoms with Crippen molar-refractivity contribution in [1.82, 2.24) is 4.98 Å². The molecule has 1 aromatic rings. The molecular formula is C10H14N2O2S2. The largest absolute Gasteiger partial charge is 0.476 e. The summed E-state index contributed by atoms with van der Waals surface area (Å²) in [6, 6.07) is 0. The normalized spacial score (nSPS) is 17.1. The van der Waals surface area contributed by atoms with Crippen LogP contribution < -0.4 is 5.32 Å².